The number of ether oxygens (including phenoxy) is 1. The first kappa shape index (κ1) is 13.9. The lowest BCUT2D eigenvalue weighted by Crippen LogP contribution is -2.38. The highest BCUT2D eigenvalue weighted by atomic mass is 16.5. The smallest absolute Gasteiger partial charge is 0.260 e. The molecular formula is C16H23NO2. The Morgan fingerprint density at radius 2 is 1.79 bits per heavy atom. The minimum absolute atomic E-state index is 0.104. The Balaban J connectivity index is 1.82. The van der Waals surface area contributed by atoms with Crippen molar-refractivity contribution in [2.45, 2.75) is 39.0 Å². The average molecular weight is 261 g/mol. The fraction of sp³-hybridized carbons (Fsp3) is 0.562. The van der Waals surface area contributed by atoms with Crippen molar-refractivity contribution >= 4 is 5.91 Å². The molecule has 3 nitrogen and oxygen atoms in total. The van der Waals surface area contributed by atoms with Crippen LogP contribution in [0.5, 0.6) is 5.75 Å². The fourth-order valence-electron chi connectivity index (χ4n) is 2.33. The molecule has 19 heavy (non-hydrogen) atoms. The van der Waals surface area contributed by atoms with Crippen LogP contribution in [-0.4, -0.2) is 30.5 Å². The SMILES string of the molecule is CC(C)c1ccc(OCC(=O)N2CCCCC2)cc1. The van der Waals surface area contributed by atoms with Gasteiger partial charge in [0.2, 0.25) is 0 Å². The summed E-state index contributed by atoms with van der Waals surface area (Å²) in [5, 5.41) is 0. The summed E-state index contributed by atoms with van der Waals surface area (Å²) < 4.78 is 5.56. The van der Waals surface area contributed by atoms with Crippen LogP contribution in [0.15, 0.2) is 24.3 Å². The minimum atomic E-state index is 0.104. The second-order valence-electron chi connectivity index (χ2n) is 5.45. The monoisotopic (exact) mass is 261 g/mol. The molecule has 0 N–H and O–H groups in total. The van der Waals surface area contributed by atoms with Crippen LogP contribution in [0.1, 0.15) is 44.6 Å². The molecule has 104 valence electrons. The van der Waals surface area contributed by atoms with Gasteiger partial charge in [-0.3, -0.25) is 4.79 Å². The van der Waals surface area contributed by atoms with Gasteiger partial charge in [0.25, 0.3) is 5.91 Å². The maximum absolute atomic E-state index is 11.9. The van der Waals surface area contributed by atoms with Crippen LogP contribution >= 0.6 is 0 Å². The van der Waals surface area contributed by atoms with E-state index in [0.29, 0.717) is 5.92 Å². The minimum Gasteiger partial charge on any atom is -0.484 e. The zero-order valence-electron chi connectivity index (χ0n) is 11.9. The van der Waals surface area contributed by atoms with Gasteiger partial charge in [0.1, 0.15) is 5.75 Å². The molecule has 1 aromatic rings. The van der Waals surface area contributed by atoms with Crippen LogP contribution in [0.25, 0.3) is 0 Å². The topological polar surface area (TPSA) is 29.5 Å². The highest BCUT2D eigenvalue weighted by Crippen LogP contribution is 2.18. The second kappa shape index (κ2) is 6.60. The van der Waals surface area contributed by atoms with Gasteiger partial charge in [0, 0.05) is 13.1 Å². The van der Waals surface area contributed by atoms with Gasteiger partial charge in [-0.2, -0.15) is 0 Å². The Morgan fingerprint density at radius 1 is 1.16 bits per heavy atom. The van der Waals surface area contributed by atoms with Crippen LogP contribution in [0.4, 0.5) is 0 Å². The van der Waals surface area contributed by atoms with Crippen molar-refractivity contribution in [2.75, 3.05) is 19.7 Å². The summed E-state index contributed by atoms with van der Waals surface area (Å²) >= 11 is 0. The molecule has 1 amide bonds. The van der Waals surface area contributed by atoms with Gasteiger partial charge in [-0.25, -0.2) is 0 Å². The summed E-state index contributed by atoms with van der Waals surface area (Å²) in [5.41, 5.74) is 1.29. The van der Waals surface area contributed by atoms with Crippen molar-refractivity contribution in [3.63, 3.8) is 0 Å². The lowest BCUT2D eigenvalue weighted by atomic mass is 10.0. The van der Waals surface area contributed by atoms with Crippen LogP contribution in [0.3, 0.4) is 0 Å². The first-order chi connectivity index (χ1) is 9.16. The largest absolute Gasteiger partial charge is 0.484 e. The maximum atomic E-state index is 11.9. The molecule has 3 heteroatoms. The van der Waals surface area contributed by atoms with Gasteiger partial charge in [-0.1, -0.05) is 26.0 Å². The van der Waals surface area contributed by atoms with Gasteiger partial charge in [-0.05, 0) is 42.9 Å². The number of amides is 1. The molecule has 1 fully saturated rings. The normalized spacial score (nSPS) is 15.6. The lowest BCUT2D eigenvalue weighted by molar-refractivity contribution is -0.134. The Bertz CT molecular complexity index is 405. The number of rotatable bonds is 4. The molecule has 0 aliphatic carbocycles. The van der Waals surface area contributed by atoms with Gasteiger partial charge in [0.15, 0.2) is 6.61 Å². The Morgan fingerprint density at radius 3 is 2.37 bits per heavy atom. The number of hydrogen-bond acceptors (Lipinski definition) is 2. The van der Waals surface area contributed by atoms with Crippen molar-refractivity contribution in [3.8, 4) is 5.75 Å². The molecule has 1 heterocycles. The van der Waals surface area contributed by atoms with Crippen molar-refractivity contribution < 1.29 is 9.53 Å². The number of carbonyl (C=O) groups is 1. The molecule has 0 spiro atoms. The summed E-state index contributed by atoms with van der Waals surface area (Å²) in [4.78, 5) is 13.9. The summed E-state index contributed by atoms with van der Waals surface area (Å²) in [6.07, 6.45) is 3.48. The van der Waals surface area contributed by atoms with Crippen molar-refractivity contribution in [1.29, 1.82) is 0 Å². The molecule has 1 aliphatic rings. The van der Waals surface area contributed by atoms with Gasteiger partial charge >= 0.3 is 0 Å². The maximum Gasteiger partial charge on any atom is 0.260 e. The second-order valence-corrected chi connectivity index (χ2v) is 5.45. The Kier molecular flexibility index (Phi) is 4.83. The number of carbonyl (C=O) groups excluding carboxylic acids is 1. The fourth-order valence-corrected chi connectivity index (χ4v) is 2.33. The summed E-state index contributed by atoms with van der Waals surface area (Å²) in [5.74, 6) is 1.39. The van der Waals surface area contributed by atoms with E-state index >= 15 is 0 Å². The first-order valence-corrected chi connectivity index (χ1v) is 7.17. The zero-order valence-corrected chi connectivity index (χ0v) is 11.9. The molecular weight excluding hydrogens is 238 g/mol. The Hall–Kier alpha value is -1.51. The molecule has 1 aliphatic heterocycles. The van der Waals surface area contributed by atoms with E-state index in [1.165, 1.54) is 12.0 Å². The lowest BCUT2D eigenvalue weighted by Gasteiger charge is -2.26. The third-order valence-corrected chi connectivity index (χ3v) is 3.62. The molecule has 0 aromatic heterocycles. The molecule has 0 unspecified atom stereocenters. The average Bonchev–Trinajstić information content (AvgIpc) is 2.46. The molecule has 1 saturated heterocycles. The highest BCUT2D eigenvalue weighted by Gasteiger charge is 2.16. The summed E-state index contributed by atoms with van der Waals surface area (Å²) in [6.45, 7) is 6.25. The summed E-state index contributed by atoms with van der Waals surface area (Å²) in [6, 6.07) is 8.01. The standard InChI is InChI=1S/C16H23NO2/c1-13(2)14-6-8-15(9-7-14)19-12-16(18)17-10-4-3-5-11-17/h6-9,13H,3-5,10-12H2,1-2H3. The van der Waals surface area contributed by atoms with E-state index in [-0.39, 0.29) is 12.5 Å². The predicted octanol–water partition coefficient (Wildman–Crippen LogP) is 3.20. The third kappa shape index (κ3) is 3.98. The van der Waals surface area contributed by atoms with E-state index in [9.17, 15) is 4.79 Å². The van der Waals surface area contributed by atoms with Crippen LogP contribution in [0.2, 0.25) is 0 Å². The first-order valence-electron chi connectivity index (χ1n) is 7.17. The van der Waals surface area contributed by atoms with Gasteiger partial charge < -0.3 is 9.64 Å². The molecule has 0 bridgehead atoms. The Labute approximate surface area is 115 Å². The van der Waals surface area contributed by atoms with Crippen molar-refractivity contribution in [2.24, 2.45) is 0 Å². The number of nitrogens with zero attached hydrogens (tertiary/aromatic N) is 1. The van der Waals surface area contributed by atoms with Crippen LogP contribution in [0, 0.1) is 0 Å². The van der Waals surface area contributed by atoms with Crippen LogP contribution < -0.4 is 4.74 Å². The number of hydrogen-bond donors (Lipinski definition) is 0. The zero-order chi connectivity index (χ0) is 13.7. The van der Waals surface area contributed by atoms with E-state index in [2.05, 4.69) is 26.0 Å². The molecule has 0 saturated carbocycles. The van der Waals surface area contributed by atoms with Crippen LogP contribution in [-0.2, 0) is 4.79 Å². The van der Waals surface area contributed by atoms with E-state index in [1.54, 1.807) is 0 Å². The number of likely N-dealkylation sites (tertiary alicyclic amines) is 1. The van der Waals surface area contributed by atoms with E-state index in [0.717, 1.165) is 31.7 Å². The van der Waals surface area contributed by atoms with E-state index in [1.807, 2.05) is 17.0 Å². The van der Waals surface area contributed by atoms with E-state index in [4.69, 9.17) is 4.74 Å². The predicted molar refractivity (Wildman–Crippen MR) is 76.5 cm³/mol. The van der Waals surface area contributed by atoms with Crippen molar-refractivity contribution in [1.82, 2.24) is 4.90 Å². The van der Waals surface area contributed by atoms with Crippen molar-refractivity contribution in [3.05, 3.63) is 29.8 Å². The highest BCUT2D eigenvalue weighted by molar-refractivity contribution is 5.77. The van der Waals surface area contributed by atoms with E-state index < -0.39 is 0 Å². The van der Waals surface area contributed by atoms with Gasteiger partial charge in [0.05, 0.1) is 0 Å². The quantitative estimate of drug-likeness (QED) is 0.833. The number of piperidine rings is 1. The molecule has 2 rings (SSSR count). The summed E-state index contributed by atoms with van der Waals surface area (Å²) in [7, 11) is 0. The molecule has 1 aromatic carbocycles. The molecule has 0 radical (unpaired) electrons. The van der Waals surface area contributed by atoms with Gasteiger partial charge in [-0.15, -0.1) is 0 Å². The molecule has 0 atom stereocenters. The number of benzene rings is 1. The third-order valence-electron chi connectivity index (χ3n) is 3.62.